The lowest BCUT2D eigenvalue weighted by Gasteiger charge is -2.09. The molecule has 1 amide bonds. The maximum atomic E-state index is 12.1. The zero-order chi connectivity index (χ0) is 18.2. The Balaban J connectivity index is 1.95. The minimum atomic E-state index is -0.489. The zero-order valence-corrected chi connectivity index (χ0v) is 15.7. The van der Waals surface area contributed by atoms with E-state index in [1.165, 1.54) is 23.4 Å². The summed E-state index contributed by atoms with van der Waals surface area (Å²) in [7, 11) is 0. The van der Waals surface area contributed by atoms with Crippen LogP contribution < -0.4 is 5.32 Å². The molecule has 132 valence electrons. The lowest BCUT2D eigenvalue weighted by atomic mass is 10.2. The largest absolute Gasteiger partial charge is 0.462 e. The van der Waals surface area contributed by atoms with Crippen molar-refractivity contribution in [3.05, 3.63) is 58.6 Å². The van der Waals surface area contributed by atoms with Gasteiger partial charge < -0.3 is 10.1 Å². The Morgan fingerprint density at radius 3 is 2.56 bits per heavy atom. The van der Waals surface area contributed by atoms with Gasteiger partial charge in [0.2, 0.25) is 5.91 Å². The molecule has 0 bridgehead atoms. The number of hydrogen-bond acceptors (Lipinski definition) is 4. The third-order valence-electron chi connectivity index (χ3n) is 3.30. The molecule has 0 aliphatic heterocycles. The van der Waals surface area contributed by atoms with Crippen molar-refractivity contribution in [1.29, 1.82) is 0 Å². The van der Waals surface area contributed by atoms with Gasteiger partial charge in [-0.1, -0.05) is 36.2 Å². The van der Waals surface area contributed by atoms with Crippen LogP contribution in [0, 0.1) is 6.92 Å². The van der Waals surface area contributed by atoms with Crippen LogP contribution in [0.3, 0.4) is 0 Å². The number of nitrogens with one attached hydrogen (secondary N) is 1. The fraction of sp³-hybridized carbons (Fsp3) is 0.263. The fourth-order valence-electron chi connectivity index (χ4n) is 2.01. The number of ether oxygens (including phenoxy) is 1. The van der Waals surface area contributed by atoms with Gasteiger partial charge in [-0.2, -0.15) is 0 Å². The van der Waals surface area contributed by atoms with Gasteiger partial charge in [0, 0.05) is 10.6 Å². The molecule has 6 heteroatoms. The van der Waals surface area contributed by atoms with E-state index in [0.29, 0.717) is 17.3 Å². The monoisotopic (exact) mass is 377 g/mol. The molecule has 0 heterocycles. The van der Waals surface area contributed by atoms with Crippen LogP contribution in [0.25, 0.3) is 0 Å². The number of hydrogen-bond donors (Lipinski definition) is 1. The predicted octanol–water partition coefficient (Wildman–Crippen LogP) is 4.95. The molecular formula is C19H20ClNO3S. The average Bonchev–Trinajstić information content (AvgIpc) is 2.61. The maximum Gasteiger partial charge on any atom is 0.339 e. The van der Waals surface area contributed by atoms with Gasteiger partial charge in [-0.3, -0.25) is 4.79 Å². The summed E-state index contributed by atoms with van der Waals surface area (Å²) < 4.78 is 5.09. The standard InChI is InChI=1S/C19H20ClNO3S/c1-3-10-24-19(23)16-11-14(6-9-17(16)20)21-18(22)12-25-15-7-4-13(2)5-8-15/h4-9,11H,3,10,12H2,1-2H3,(H,21,22). The molecule has 0 aliphatic carbocycles. The molecule has 0 saturated carbocycles. The average molecular weight is 378 g/mol. The summed E-state index contributed by atoms with van der Waals surface area (Å²) in [5, 5.41) is 3.08. The third-order valence-corrected chi connectivity index (χ3v) is 4.64. The number of benzene rings is 2. The first-order valence-corrected chi connectivity index (χ1v) is 9.32. The quantitative estimate of drug-likeness (QED) is 0.548. The highest BCUT2D eigenvalue weighted by molar-refractivity contribution is 8.00. The molecule has 2 aromatic rings. The highest BCUT2D eigenvalue weighted by Gasteiger charge is 2.13. The van der Waals surface area contributed by atoms with Crippen molar-refractivity contribution in [2.45, 2.75) is 25.2 Å². The van der Waals surface area contributed by atoms with E-state index in [0.717, 1.165) is 11.3 Å². The Morgan fingerprint density at radius 1 is 1.16 bits per heavy atom. The minimum absolute atomic E-state index is 0.152. The number of carbonyl (C=O) groups is 2. The number of aryl methyl sites for hydroxylation is 1. The fourth-order valence-corrected chi connectivity index (χ4v) is 2.91. The number of esters is 1. The van der Waals surface area contributed by atoms with E-state index in [4.69, 9.17) is 16.3 Å². The van der Waals surface area contributed by atoms with E-state index >= 15 is 0 Å². The molecule has 0 spiro atoms. The van der Waals surface area contributed by atoms with Gasteiger partial charge in [0.15, 0.2) is 0 Å². The van der Waals surface area contributed by atoms with Crippen LogP contribution in [0.4, 0.5) is 5.69 Å². The summed E-state index contributed by atoms with van der Waals surface area (Å²) in [4.78, 5) is 25.1. The molecule has 25 heavy (non-hydrogen) atoms. The number of halogens is 1. The number of carbonyl (C=O) groups excluding carboxylic acids is 2. The molecule has 4 nitrogen and oxygen atoms in total. The van der Waals surface area contributed by atoms with Gasteiger partial charge in [-0.05, 0) is 43.7 Å². The zero-order valence-electron chi connectivity index (χ0n) is 14.2. The van der Waals surface area contributed by atoms with Crippen LogP contribution in [0.2, 0.25) is 5.02 Å². The maximum absolute atomic E-state index is 12.1. The van der Waals surface area contributed by atoms with Crippen LogP contribution in [0.5, 0.6) is 0 Å². The topological polar surface area (TPSA) is 55.4 Å². The highest BCUT2D eigenvalue weighted by atomic mass is 35.5. The van der Waals surface area contributed by atoms with Gasteiger partial charge in [-0.15, -0.1) is 11.8 Å². The number of amides is 1. The number of rotatable bonds is 7. The van der Waals surface area contributed by atoms with Crippen LogP contribution in [0.1, 0.15) is 29.3 Å². The molecule has 0 saturated heterocycles. The van der Waals surface area contributed by atoms with Crippen molar-refractivity contribution < 1.29 is 14.3 Å². The molecule has 0 aliphatic rings. The van der Waals surface area contributed by atoms with Crippen molar-refractivity contribution in [1.82, 2.24) is 0 Å². The van der Waals surface area contributed by atoms with Crippen molar-refractivity contribution in [3.63, 3.8) is 0 Å². The minimum Gasteiger partial charge on any atom is -0.462 e. The van der Waals surface area contributed by atoms with Gasteiger partial charge >= 0.3 is 5.97 Å². The van der Waals surface area contributed by atoms with E-state index < -0.39 is 5.97 Å². The molecule has 2 rings (SSSR count). The van der Waals surface area contributed by atoms with Crippen LogP contribution >= 0.6 is 23.4 Å². The van der Waals surface area contributed by atoms with E-state index in [1.807, 2.05) is 38.1 Å². The Morgan fingerprint density at radius 2 is 1.88 bits per heavy atom. The van der Waals surface area contributed by atoms with Gasteiger partial charge in [-0.25, -0.2) is 4.79 Å². The summed E-state index contributed by atoms with van der Waals surface area (Å²) in [5.74, 6) is -0.362. The first kappa shape index (κ1) is 19.3. The molecule has 0 fully saturated rings. The Labute approximate surface area is 156 Å². The number of thioether (sulfide) groups is 1. The van der Waals surface area contributed by atoms with Gasteiger partial charge in [0.25, 0.3) is 0 Å². The van der Waals surface area contributed by atoms with E-state index in [1.54, 1.807) is 12.1 Å². The smallest absolute Gasteiger partial charge is 0.339 e. The van der Waals surface area contributed by atoms with E-state index in [-0.39, 0.29) is 17.2 Å². The molecule has 2 aromatic carbocycles. The van der Waals surface area contributed by atoms with Crippen LogP contribution in [-0.2, 0) is 9.53 Å². The predicted molar refractivity (Wildman–Crippen MR) is 103 cm³/mol. The van der Waals surface area contributed by atoms with E-state index in [9.17, 15) is 9.59 Å². The molecule has 0 aromatic heterocycles. The second-order valence-electron chi connectivity index (χ2n) is 5.48. The lowest BCUT2D eigenvalue weighted by Crippen LogP contribution is -2.15. The first-order valence-electron chi connectivity index (χ1n) is 7.95. The Bertz CT molecular complexity index is 747. The first-order chi connectivity index (χ1) is 12.0. The Kier molecular flexibility index (Phi) is 7.34. The Hall–Kier alpha value is -1.98. The van der Waals surface area contributed by atoms with Crippen molar-refractivity contribution in [2.24, 2.45) is 0 Å². The van der Waals surface area contributed by atoms with E-state index in [2.05, 4.69) is 5.32 Å². The third kappa shape index (κ3) is 6.11. The summed E-state index contributed by atoms with van der Waals surface area (Å²) in [6.45, 7) is 4.26. The normalized spacial score (nSPS) is 10.4. The molecule has 0 unspecified atom stereocenters. The summed E-state index contributed by atoms with van der Waals surface area (Å²) in [6, 6.07) is 12.8. The molecule has 0 atom stereocenters. The van der Waals surface area contributed by atoms with Crippen LogP contribution in [0.15, 0.2) is 47.4 Å². The molecular weight excluding hydrogens is 358 g/mol. The van der Waals surface area contributed by atoms with Crippen LogP contribution in [-0.4, -0.2) is 24.2 Å². The second-order valence-corrected chi connectivity index (χ2v) is 6.94. The van der Waals surface area contributed by atoms with Crippen molar-refractivity contribution in [3.8, 4) is 0 Å². The molecule has 1 N–H and O–H groups in total. The SMILES string of the molecule is CCCOC(=O)c1cc(NC(=O)CSc2ccc(C)cc2)ccc1Cl. The summed E-state index contributed by atoms with van der Waals surface area (Å²) >= 11 is 7.49. The lowest BCUT2D eigenvalue weighted by molar-refractivity contribution is -0.113. The highest BCUT2D eigenvalue weighted by Crippen LogP contribution is 2.23. The summed E-state index contributed by atoms with van der Waals surface area (Å²) in [5.41, 5.74) is 1.94. The molecule has 0 radical (unpaired) electrons. The second kappa shape index (κ2) is 9.49. The number of anilines is 1. The van der Waals surface area contributed by atoms with Crippen molar-refractivity contribution >= 4 is 40.9 Å². The summed E-state index contributed by atoms with van der Waals surface area (Å²) in [6.07, 6.45) is 0.732. The van der Waals surface area contributed by atoms with Gasteiger partial charge in [0.1, 0.15) is 0 Å². The van der Waals surface area contributed by atoms with Gasteiger partial charge in [0.05, 0.1) is 22.9 Å². The van der Waals surface area contributed by atoms with Crippen molar-refractivity contribution in [2.75, 3.05) is 17.7 Å².